The molecule has 1 aliphatic rings. The molecule has 2 heterocycles. The molecule has 1 aliphatic heterocycles. The largest absolute Gasteiger partial charge is 0.376 e. The van der Waals surface area contributed by atoms with Gasteiger partial charge in [0.1, 0.15) is 0 Å². The maximum absolute atomic E-state index is 13.0. The summed E-state index contributed by atoms with van der Waals surface area (Å²) in [5.74, 6) is 0.936. The van der Waals surface area contributed by atoms with Crippen molar-refractivity contribution in [3.63, 3.8) is 0 Å². The number of hydrogen-bond acceptors (Lipinski definition) is 4. The Hall–Kier alpha value is -2.11. The van der Waals surface area contributed by atoms with Gasteiger partial charge in [0.2, 0.25) is 0 Å². The molecule has 140 valence electrons. The number of para-hydroxylation sites is 1. The van der Waals surface area contributed by atoms with Gasteiger partial charge in [-0.3, -0.25) is 9.36 Å². The van der Waals surface area contributed by atoms with Crippen molar-refractivity contribution in [1.82, 2.24) is 9.55 Å². The SMILES string of the molecule is O=c1c2ccccc2nc(SCCCc2ccccc2)n1C[C@@H]1CCCO1. The van der Waals surface area contributed by atoms with Crippen LogP contribution < -0.4 is 5.56 Å². The topological polar surface area (TPSA) is 44.1 Å². The summed E-state index contributed by atoms with van der Waals surface area (Å²) in [5, 5.41) is 1.49. The predicted octanol–water partition coefficient (Wildman–Crippen LogP) is 4.30. The monoisotopic (exact) mass is 380 g/mol. The lowest BCUT2D eigenvalue weighted by molar-refractivity contribution is 0.0937. The quantitative estimate of drug-likeness (QED) is 0.348. The van der Waals surface area contributed by atoms with Gasteiger partial charge in [-0.15, -0.1) is 0 Å². The second kappa shape index (κ2) is 8.72. The Morgan fingerprint density at radius 2 is 1.93 bits per heavy atom. The molecule has 0 spiro atoms. The maximum Gasteiger partial charge on any atom is 0.262 e. The van der Waals surface area contributed by atoms with Gasteiger partial charge in [0, 0.05) is 12.4 Å². The Bertz CT molecular complexity index is 949. The molecule has 2 aromatic carbocycles. The van der Waals surface area contributed by atoms with Gasteiger partial charge in [0.05, 0.1) is 23.6 Å². The summed E-state index contributed by atoms with van der Waals surface area (Å²) in [7, 11) is 0. The van der Waals surface area contributed by atoms with Crippen LogP contribution in [0.5, 0.6) is 0 Å². The molecule has 0 unspecified atom stereocenters. The van der Waals surface area contributed by atoms with E-state index in [-0.39, 0.29) is 11.7 Å². The van der Waals surface area contributed by atoms with Crippen LogP contribution in [-0.2, 0) is 17.7 Å². The van der Waals surface area contributed by atoms with Crippen LogP contribution in [0.1, 0.15) is 24.8 Å². The zero-order chi connectivity index (χ0) is 18.5. The summed E-state index contributed by atoms with van der Waals surface area (Å²) in [5.41, 5.74) is 2.17. The Kier molecular flexibility index (Phi) is 5.90. The Balaban J connectivity index is 1.53. The average Bonchev–Trinajstić information content (AvgIpc) is 3.22. The standard InChI is InChI=1S/C22H24N2O2S/c25-21-19-12-4-5-13-20(19)23-22(24(21)16-18-11-6-14-26-18)27-15-7-10-17-8-2-1-3-9-17/h1-5,8-9,12-13,18H,6-7,10-11,14-16H2/t18-/m0/s1. The summed E-state index contributed by atoms with van der Waals surface area (Å²) in [6.45, 7) is 1.39. The van der Waals surface area contributed by atoms with Gasteiger partial charge in [-0.1, -0.05) is 54.2 Å². The Morgan fingerprint density at radius 3 is 2.74 bits per heavy atom. The number of rotatable bonds is 7. The van der Waals surface area contributed by atoms with E-state index in [9.17, 15) is 4.79 Å². The van der Waals surface area contributed by atoms with Gasteiger partial charge in [-0.05, 0) is 43.4 Å². The summed E-state index contributed by atoms with van der Waals surface area (Å²) in [4.78, 5) is 17.8. The zero-order valence-electron chi connectivity index (χ0n) is 15.3. The molecule has 27 heavy (non-hydrogen) atoms. The van der Waals surface area contributed by atoms with Gasteiger partial charge < -0.3 is 4.74 Å². The van der Waals surface area contributed by atoms with Crippen LogP contribution >= 0.6 is 11.8 Å². The third-order valence-electron chi connectivity index (χ3n) is 4.92. The van der Waals surface area contributed by atoms with Crippen LogP contribution in [0.2, 0.25) is 0 Å². The van der Waals surface area contributed by atoms with Crippen molar-refractivity contribution in [1.29, 1.82) is 0 Å². The molecule has 1 saturated heterocycles. The molecular formula is C22H24N2O2S. The van der Waals surface area contributed by atoms with E-state index in [1.807, 2.05) is 34.9 Å². The van der Waals surface area contributed by atoms with E-state index in [1.54, 1.807) is 11.8 Å². The van der Waals surface area contributed by atoms with Crippen LogP contribution in [-0.4, -0.2) is 28.0 Å². The van der Waals surface area contributed by atoms with Crippen LogP contribution in [0.25, 0.3) is 10.9 Å². The highest BCUT2D eigenvalue weighted by Crippen LogP contribution is 2.22. The molecule has 0 amide bonds. The lowest BCUT2D eigenvalue weighted by atomic mass is 10.1. The lowest BCUT2D eigenvalue weighted by Gasteiger charge is -2.16. The van der Waals surface area contributed by atoms with Crippen molar-refractivity contribution >= 4 is 22.7 Å². The predicted molar refractivity (Wildman–Crippen MR) is 110 cm³/mol. The number of aryl methyl sites for hydroxylation is 1. The van der Waals surface area contributed by atoms with Crippen molar-refractivity contribution in [3.05, 3.63) is 70.5 Å². The highest BCUT2D eigenvalue weighted by atomic mass is 32.2. The third-order valence-corrected chi connectivity index (χ3v) is 5.98. The van der Waals surface area contributed by atoms with Crippen LogP contribution in [0.4, 0.5) is 0 Å². The first-order chi connectivity index (χ1) is 13.3. The second-order valence-electron chi connectivity index (χ2n) is 6.90. The first-order valence-corrected chi connectivity index (χ1v) is 10.6. The van der Waals surface area contributed by atoms with Crippen molar-refractivity contribution < 1.29 is 4.74 Å². The fraction of sp³-hybridized carbons (Fsp3) is 0.364. The zero-order valence-corrected chi connectivity index (χ0v) is 16.2. The van der Waals surface area contributed by atoms with Gasteiger partial charge in [-0.25, -0.2) is 4.98 Å². The molecule has 1 fully saturated rings. The number of thioether (sulfide) groups is 1. The van der Waals surface area contributed by atoms with Crippen molar-refractivity contribution in [2.75, 3.05) is 12.4 Å². The highest BCUT2D eigenvalue weighted by Gasteiger charge is 2.20. The molecular weight excluding hydrogens is 356 g/mol. The summed E-state index contributed by atoms with van der Waals surface area (Å²) >= 11 is 1.67. The van der Waals surface area contributed by atoms with Crippen molar-refractivity contribution in [2.24, 2.45) is 0 Å². The molecule has 1 aromatic heterocycles. The van der Waals surface area contributed by atoms with E-state index in [2.05, 4.69) is 24.3 Å². The normalized spacial score (nSPS) is 16.8. The molecule has 5 heteroatoms. The molecule has 0 N–H and O–H groups in total. The third kappa shape index (κ3) is 4.42. The number of fused-ring (bicyclic) bond motifs is 1. The minimum absolute atomic E-state index is 0.0432. The number of ether oxygens (including phenoxy) is 1. The first kappa shape index (κ1) is 18.3. The fourth-order valence-electron chi connectivity index (χ4n) is 3.50. The number of benzene rings is 2. The Labute approximate surface area is 163 Å². The van der Waals surface area contributed by atoms with Gasteiger partial charge in [0.25, 0.3) is 5.56 Å². The molecule has 4 nitrogen and oxygen atoms in total. The first-order valence-electron chi connectivity index (χ1n) is 9.59. The summed E-state index contributed by atoms with van der Waals surface area (Å²) in [6.07, 6.45) is 4.29. The average molecular weight is 381 g/mol. The molecule has 0 aliphatic carbocycles. The summed E-state index contributed by atoms with van der Waals surface area (Å²) in [6, 6.07) is 18.1. The number of hydrogen-bond donors (Lipinski definition) is 0. The second-order valence-corrected chi connectivity index (χ2v) is 7.96. The molecule has 4 rings (SSSR count). The van der Waals surface area contributed by atoms with Gasteiger partial charge >= 0.3 is 0 Å². The van der Waals surface area contributed by atoms with Crippen molar-refractivity contribution in [3.8, 4) is 0 Å². The highest BCUT2D eigenvalue weighted by molar-refractivity contribution is 7.99. The molecule has 1 atom stereocenters. The van der Waals surface area contributed by atoms with E-state index in [0.717, 1.165) is 48.7 Å². The smallest absolute Gasteiger partial charge is 0.262 e. The van der Waals surface area contributed by atoms with E-state index in [4.69, 9.17) is 9.72 Å². The minimum Gasteiger partial charge on any atom is -0.376 e. The van der Waals surface area contributed by atoms with Gasteiger partial charge in [-0.2, -0.15) is 0 Å². The van der Waals surface area contributed by atoms with Crippen molar-refractivity contribution in [2.45, 2.75) is 43.5 Å². The lowest BCUT2D eigenvalue weighted by Crippen LogP contribution is -2.28. The number of nitrogens with zero attached hydrogens (tertiary/aromatic N) is 2. The molecule has 3 aromatic rings. The fourth-order valence-corrected chi connectivity index (χ4v) is 4.44. The van der Waals surface area contributed by atoms with Gasteiger partial charge in [0.15, 0.2) is 5.16 Å². The minimum atomic E-state index is 0.0432. The maximum atomic E-state index is 13.0. The number of aromatic nitrogens is 2. The Morgan fingerprint density at radius 1 is 1.11 bits per heavy atom. The molecule has 0 bridgehead atoms. The van der Waals surface area contributed by atoms with Crippen LogP contribution in [0, 0.1) is 0 Å². The van der Waals surface area contributed by atoms with E-state index >= 15 is 0 Å². The van der Waals surface area contributed by atoms with Crippen LogP contribution in [0.15, 0.2) is 64.5 Å². The van der Waals surface area contributed by atoms with E-state index in [1.165, 1.54) is 5.56 Å². The van der Waals surface area contributed by atoms with E-state index < -0.39 is 0 Å². The summed E-state index contributed by atoms with van der Waals surface area (Å²) < 4.78 is 7.59. The molecule has 0 saturated carbocycles. The van der Waals surface area contributed by atoms with Crippen LogP contribution in [0.3, 0.4) is 0 Å². The molecule has 0 radical (unpaired) electrons. The van der Waals surface area contributed by atoms with E-state index in [0.29, 0.717) is 11.9 Å².